The standard InChI is InChI=1S/C10H10N5S/c1-2-14-5-3-8(4-6-14)9-13-15-10(16-9)11-7-12-15/h3-7H,2H2,1H3/q+1. The first-order chi connectivity index (χ1) is 7.86. The highest BCUT2D eigenvalue weighted by Crippen LogP contribution is 2.22. The number of hydrogen-bond donors (Lipinski definition) is 0. The second-order valence-corrected chi connectivity index (χ2v) is 4.31. The van der Waals surface area contributed by atoms with Crippen molar-refractivity contribution >= 4 is 16.3 Å². The summed E-state index contributed by atoms with van der Waals surface area (Å²) in [5.74, 6) is 0. The number of pyridine rings is 1. The van der Waals surface area contributed by atoms with E-state index in [2.05, 4.69) is 38.8 Å². The van der Waals surface area contributed by atoms with Crippen LogP contribution in [0.2, 0.25) is 0 Å². The summed E-state index contributed by atoms with van der Waals surface area (Å²) in [6.45, 7) is 3.09. The second-order valence-electron chi connectivity index (χ2n) is 3.36. The number of fused-ring (bicyclic) bond motifs is 1. The minimum atomic E-state index is 0.822. The minimum absolute atomic E-state index is 0.822. The van der Waals surface area contributed by atoms with E-state index in [0.717, 1.165) is 22.1 Å². The van der Waals surface area contributed by atoms with E-state index in [9.17, 15) is 0 Å². The first-order valence-electron chi connectivity index (χ1n) is 5.03. The van der Waals surface area contributed by atoms with Gasteiger partial charge in [-0.2, -0.15) is 0 Å². The highest BCUT2D eigenvalue weighted by Gasteiger charge is 2.08. The molecular weight excluding hydrogens is 222 g/mol. The Balaban J connectivity index is 2.05. The molecule has 5 nitrogen and oxygen atoms in total. The van der Waals surface area contributed by atoms with E-state index in [4.69, 9.17) is 0 Å². The van der Waals surface area contributed by atoms with Gasteiger partial charge in [0.25, 0.3) is 0 Å². The molecule has 0 saturated heterocycles. The number of nitrogens with zero attached hydrogens (tertiary/aromatic N) is 5. The molecule has 0 saturated carbocycles. The molecule has 3 aromatic rings. The number of rotatable bonds is 2. The summed E-state index contributed by atoms with van der Waals surface area (Å²) in [4.78, 5) is 4.92. The Labute approximate surface area is 96.0 Å². The Morgan fingerprint density at radius 2 is 2.19 bits per heavy atom. The monoisotopic (exact) mass is 232 g/mol. The molecule has 0 aliphatic carbocycles. The summed E-state index contributed by atoms with van der Waals surface area (Å²) < 4.78 is 3.67. The van der Waals surface area contributed by atoms with Crippen LogP contribution in [0.15, 0.2) is 30.9 Å². The number of aryl methyl sites for hydroxylation is 1. The maximum Gasteiger partial charge on any atom is 0.233 e. The van der Waals surface area contributed by atoms with Crippen molar-refractivity contribution in [3.05, 3.63) is 30.9 Å². The van der Waals surface area contributed by atoms with E-state index in [0.29, 0.717) is 0 Å². The lowest BCUT2D eigenvalue weighted by molar-refractivity contribution is -0.693. The zero-order valence-electron chi connectivity index (χ0n) is 8.74. The van der Waals surface area contributed by atoms with E-state index in [1.807, 2.05) is 12.4 Å². The van der Waals surface area contributed by atoms with Gasteiger partial charge >= 0.3 is 0 Å². The van der Waals surface area contributed by atoms with Crippen LogP contribution in [0.5, 0.6) is 0 Å². The summed E-state index contributed by atoms with van der Waals surface area (Å²) in [6.07, 6.45) is 5.61. The Morgan fingerprint density at radius 3 is 2.88 bits per heavy atom. The predicted octanol–water partition coefficient (Wildman–Crippen LogP) is 1.16. The van der Waals surface area contributed by atoms with Crippen molar-refractivity contribution in [2.75, 3.05) is 0 Å². The molecule has 3 heterocycles. The summed E-state index contributed by atoms with van der Waals surface area (Å²) >= 11 is 1.54. The highest BCUT2D eigenvalue weighted by atomic mass is 32.1. The van der Waals surface area contributed by atoms with Crippen LogP contribution in [-0.2, 0) is 6.54 Å². The third-order valence-corrected chi connectivity index (χ3v) is 3.34. The van der Waals surface area contributed by atoms with Gasteiger partial charge in [-0.05, 0) is 6.92 Å². The first kappa shape index (κ1) is 9.41. The van der Waals surface area contributed by atoms with Crippen LogP contribution in [0.1, 0.15) is 6.92 Å². The molecular formula is C10H10N5S+. The summed E-state index contributed by atoms with van der Waals surface area (Å²) in [6, 6.07) is 4.11. The van der Waals surface area contributed by atoms with Gasteiger partial charge in [0.15, 0.2) is 12.4 Å². The van der Waals surface area contributed by atoms with Crippen LogP contribution in [0.4, 0.5) is 0 Å². The van der Waals surface area contributed by atoms with Gasteiger partial charge in [0.05, 0.1) is 0 Å². The predicted molar refractivity (Wildman–Crippen MR) is 60.0 cm³/mol. The molecule has 0 aromatic carbocycles. The lowest BCUT2D eigenvalue weighted by Gasteiger charge is -1.93. The van der Waals surface area contributed by atoms with Crippen molar-refractivity contribution in [1.82, 2.24) is 19.8 Å². The summed E-state index contributed by atoms with van der Waals surface area (Å²) in [5.41, 5.74) is 1.10. The molecule has 6 heteroatoms. The van der Waals surface area contributed by atoms with Gasteiger partial charge < -0.3 is 0 Å². The normalized spacial score (nSPS) is 11.1. The quantitative estimate of drug-likeness (QED) is 0.623. The second kappa shape index (κ2) is 3.64. The van der Waals surface area contributed by atoms with Crippen LogP contribution < -0.4 is 4.57 Å². The van der Waals surface area contributed by atoms with Crippen molar-refractivity contribution in [2.45, 2.75) is 13.5 Å². The molecule has 16 heavy (non-hydrogen) atoms. The molecule has 0 spiro atoms. The fraction of sp³-hybridized carbons (Fsp3) is 0.200. The Kier molecular flexibility index (Phi) is 2.14. The average Bonchev–Trinajstić information content (AvgIpc) is 2.89. The lowest BCUT2D eigenvalue weighted by Crippen LogP contribution is -2.30. The fourth-order valence-corrected chi connectivity index (χ4v) is 2.30. The lowest BCUT2D eigenvalue weighted by atomic mass is 10.3. The third-order valence-electron chi connectivity index (χ3n) is 2.38. The van der Waals surface area contributed by atoms with Crippen LogP contribution in [0, 0.1) is 0 Å². The van der Waals surface area contributed by atoms with Gasteiger partial charge in [-0.25, -0.2) is 9.55 Å². The van der Waals surface area contributed by atoms with Gasteiger partial charge in [-0.1, -0.05) is 11.3 Å². The fourth-order valence-electron chi connectivity index (χ4n) is 1.48. The van der Waals surface area contributed by atoms with Crippen LogP contribution in [0.3, 0.4) is 0 Å². The van der Waals surface area contributed by atoms with Gasteiger partial charge in [0.1, 0.15) is 17.9 Å². The topological polar surface area (TPSA) is 47.0 Å². The molecule has 3 rings (SSSR count). The van der Waals surface area contributed by atoms with E-state index in [1.54, 1.807) is 4.63 Å². The van der Waals surface area contributed by atoms with Crippen molar-refractivity contribution in [3.8, 4) is 10.6 Å². The van der Waals surface area contributed by atoms with E-state index in [-0.39, 0.29) is 0 Å². The molecule has 0 bridgehead atoms. The third kappa shape index (κ3) is 1.47. The van der Waals surface area contributed by atoms with Crippen molar-refractivity contribution in [2.24, 2.45) is 0 Å². The summed E-state index contributed by atoms with van der Waals surface area (Å²) in [7, 11) is 0. The molecule has 0 unspecified atom stereocenters. The smallest absolute Gasteiger partial charge is 0.205 e. The van der Waals surface area contributed by atoms with Crippen LogP contribution >= 0.6 is 11.3 Å². The van der Waals surface area contributed by atoms with Crippen molar-refractivity contribution < 1.29 is 4.57 Å². The molecule has 0 aliphatic rings. The largest absolute Gasteiger partial charge is 0.233 e. The number of aromatic nitrogens is 5. The van der Waals surface area contributed by atoms with Crippen LogP contribution in [-0.4, -0.2) is 19.8 Å². The van der Waals surface area contributed by atoms with E-state index < -0.39 is 0 Å². The Bertz CT molecular complexity index is 581. The molecule has 0 fully saturated rings. The first-order valence-corrected chi connectivity index (χ1v) is 5.85. The van der Waals surface area contributed by atoms with Gasteiger partial charge in [0.2, 0.25) is 4.96 Å². The maximum absolute atomic E-state index is 4.35. The van der Waals surface area contributed by atoms with Crippen molar-refractivity contribution in [1.29, 1.82) is 0 Å². The molecule has 0 amide bonds. The van der Waals surface area contributed by atoms with Gasteiger partial charge in [-0.15, -0.1) is 14.8 Å². The molecule has 0 aliphatic heterocycles. The number of hydrogen-bond acceptors (Lipinski definition) is 4. The molecule has 80 valence electrons. The SMILES string of the molecule is CC[n+]1ccc(-c2nn3ncnc3s2)cc1. The average molecular weight is 232 g/mol. The van der Waals surface area contributed by atoms with Gasteiger partial charge in [-0.3, -0.25) is 0 Å². The summed E-state index contributed by atoms with van der Waals surface area (Å²) in [5, 5.41) is 9.29. The molecule has 3 aromatic heterocycles. The highest BCUT2D eigenvalue weighted by molar-refractivity contribution is 7.19. The zero-order valence-corrected chi connectivity index (χ0v) is 9.55. The van der Waals surface area contributed by atoms with Gasteiger partial charge in [0, 0.05) is 17.7 Å². The molecule has 0 radical (unpaired) electrons. The molecule has 0 N–H and O–H groups in total. The maximum atomic E-state index is 4.35. The van der Waals surface area contributed by atoms with Crippen LogP contribution in [0.25, 0.3) is 15.5 Å². The Hall–Kier alpha value is -1.82. The van der Waals surface area contributed by atoms with E-state index >= 15 is 0 Å². The minimum Gasteiger partial charge on any atom is -0.205 e. The molecule has 0 atom stereocenters. The Morgan fingerprint density at radius 1 is 1.38 bits per heavy atom. The van der Waals surface area contributed by atoms with Crippen molar-refractivity contribution in [3.63, 3.8) is 0 Å². The zero-order chi connectivity index (χ0) is 11.0. The van der Waals surface area contributed by atoms with E-state index in [1.165, 1.54) is 17.7 Å².